The van der Waals surface area contributed by atoms with Gasteiger partial charge in [0.15, 0.2) is 5.78 Å². The Bertz CT molecular complexity index is 1530. The molecular weight excluding hydrogens is 677 g/mol. The van der Waals surface area contributed by atoms with Gasteiger partial charge in [0, 0.05) is 43.8 Å². The lowest BCUT2D eigenvalue weighted by atomic mass is 9.33. The molecule has 1 amide bonds. The molecule has 0 saturated heterocycles. The molecule has 6 aliphatic rings. The lowest BCUT2D eigenvalue weighted by Gasteiger charge is -2.72. The maximum atomic E-state index is 14.2. The second-order valence-corrected chi connectivity index (χ2v) is 21.5. The number of hydrogen-bond acceptors (Lipinski definition) is 6. The Hall–Kier alpha value is -2.22. The van der Waals surface area contributed by atoms with Crippen molar-refractivity contribution in [2.45, 2.75) is 165 Å². The summed E-state index contributed by atoms with van der Waals surface area (Å²) in [7, 11) is 0. The van der Waals surface area contributed by atoms with E-state index in [4.69, 9.17) is 4.74 Å². The topological polar surface area (TPSA) is 113 Å². The summed E-state index contributed by atoms with van der Waals surface area (Å²) in [6.45, 7) is 25.3. The summed E-state index contributed by atoms with van der Waals surface area (Å²) in [6, 6.07) is 0. The van der Waals surface area contributed by atoms with Crippen molar-refractivity contribution < 1.29 is 29.0 Å². The molecule has 6 rings (SSSR count). The Labute approximate surface area is 326 Å². The maximum Gasteiger partial charge on any atom is 0.309 e. The largest absolute Gasteiger partial charge is 0.481 e. The Balaban J connectivity index is 1.25. The first-order chi connectivity index (χ1) is 25.1. The standard InChI is InChI=1S/C46H74N2O6/c1-29(2)38-33(50)26-46(22-24-48(25-23-47-30(3)49)28-31-12-11-13-31)21-20-44(9)32(39(38)46)14-15-35-43(8)18-17-36(54-37(51)27-41(4,5)40(52)53)42(6,7)34(43)16-19-45(35,44)10/h29,31-32,34-36H,11-28H2,1-10H3,(H,47,49)(H,52,53)/t32-,34-,35?,36+,43+,44-,45-,46-/m1/s1. The van der Waals surface area contributed by atoms with Crippen molar-refractivity contribution in [2.24, 2.45) is 62.1 Å². The van der Waals surface area contributed by atoms with Crippen molar-refractivity contribution in [1.82, 2.24) is 10.2 Å². The van der Waals surface area contributed by atoms with E-state index in [0.29, 0.717) is 36.5 Å². The Morgan fingerprint density at radius 1 is 0.907 bits per heavy atom. The van der Waals surface area contributed by atoms with E-state index in [-0.39, 0.29) is 51.4 Å². The number of allylic oxidation sites excluding steroid dienone is 2. The number of hydrogen-bond donors (Lipinski definition) is 2. The van der Waals surface area contributed by atoms with Crippen LogP contribution in [0.3, 0.4) is 0 Å². The van der Waals surface area contributed by atoms with Gasteiger partial charge in [-0.2, -0.15) is 0 Å². The number of amides is 1. The SMILES string of the molecule is CC(=O)NCCN(CC[C@@]12CC[C@]3(C)[C@H](CCC4[C@@]5(C)CC[C@H](OC(=O)CC(C)(C)C(=O)O)C(C)(C)[C@H]5CC[C@]43C)C1=C(C(C)C)C(=O)C2)CC1CCC1. The zero-order valence-electron chi connectivity index (χ0n) is 35.6. The summed E-state index contributed by atoms with van der Waals surface area (Å²) < 4.78 is 6.20. The number of esters is 1. The molecule has 1 unspecified atom stereocenters. The van der Waals surface area contributed by atoms with Crippen LogP contribution in [-0.2, 0) is 23.9 Å². The van der Waals surface area contributed by atoms with E-state index in [1.807, 2.05) is 0 Å². The smallest absolute Gasteiger partial charge is 0.309 e. The number of aliphatic carboxylic acids is 1. The van der Waals surface area contributed by atoms with E-state index in [1.54, 1.807) is 26.3 Å². The molecule has 0 heterocycles. The van der Waals surface area contributed by atoms with Gasteiger partial charge in [-0.05, 0) is 142 Å². The van der Waals surface area contributed by atoms with E-state index in [9.17, 15) is 24.3 Å². The highest BCUT2D eigenvalue weighted by molar-refractivity contribution is 6.00. The molecule has 0 aromatic heterocycles. The van der Waals surface area contributed by atoms with Crippen LogP contribution in [-0.4, -0.2) is 65.9 Å². The van der Waals surface area contributed by atoms with Crippen LogP contribution in [0.15, 0.2) is 11.1 Å². The number of ether oxygens (including phenoxy) is 1. The number of nitrogens with one attached hydrogen (secondary N) is 1. The van der Waals surface area contributed by atoms with Gasteiger partial charge in [-0.25, -0.2) is 0 Å². The van der Waals surface area contributed by atoms with Crippen molar-refractivity contribution in [2.75, 3.05) is 26.2 Å². The van der Waals surface area contributed by atoms with Crippen LogP contribution in [0.1, 0.15) is 159 Å². The number of carboxylic acids is 1. The van der Waals surface area contributed by atoms with Gasteiger partial charge >= 0.3 is 11.9 Å². The van der Waals surface area contributed by atoms with Gasteiger partial charge in [-0.1, -0.05) is 60.5 Å². The number of ketones is 1. The molecule has 0 bridgehead atoms. The number of carbonyl (C=O) groups is 4. The van der Waals surface area contributed by atoms with Crippen LogP contribution in [0.4, 0.5) is 0 Å². The highest BCUT2D eigenvalue weighted by atomic mass is 16.5. The zero-order chi connectivity index (χ0) is 39.6. The van der Waals surface area contributed by atoms with Crippen molar-refractivity contribution in [3.05, 3.63) is 11.1 Å². The van der Waals surface area contributed by atoms with Gasteiger partial charge in [-0.3, -0.25) is 19.2 Å². The number of carbonyl (C=O) groups excluding carboxylic acids is 3. The van der Waals surface area contributed by atoms with Crippen LogP contribution in [0, 0.1) is 62.1 Å². The Kier molecular flexibility index (Phi) is 11.2. The highest BCUT2D eigenvalue weighted by Gasteiger charge is 2.70. The molecule has 8 nitrogen and oxygen atoms in total. The zero-order valence-corrected chi connectivity index (χ0v) is 35.6. The Morgan fingerprint density at radius 2 is 1.61 bits per heavy atom. The summed E-state index contributed by atoms with van der Waals surface area (Å²) >= 11 is 0. The number of nitrogens with zero attached hydrogens (tertiary/aromatic N) is 1. The van der Waals surface area contributed by atoms with Gasteiger partial charge in [0.25, 0.3) is 0 Å². The van der Waals surface area contributed by atoms with E-state index < -0.39 is 17.4 Å². The van der Waals surface area contributed by atoms with Crippen molar-refractivity contribution in [3.8, 4) is 0 Å². The molecule has 5 fully saturated rings. The van der Waals surface area contributed by atoms with Crippen LogP contribution < -0.4 is 5.32 Å². The highest BCUT2D eigenvalue weighted by Crippen LogP contribution is 2.77. The Morgan fingerprint density at radius 3 is 2.22 bits per heavy atom. The average molecular weight is 751 g/mol. The quantitative estimate of drug-likeness (QED) is 0.181. The predicted octanol–water partition coefficient (Wildman–Crippen LogP) is 9.01. The predicted molar refractivity (Wildman–Crippen MR) is 212 cm³/mol. The third-order valence-corrected chi connectivity index (χ3v) is 17.4. The van der Waals surface area contributed by atoms with Crippen LogP contribution in [0.5, 0.6) is 0 Å². The monoisotopic (exact) mass is 751 g/mol. The molecule has 8 atom stereocenters. The van der Waals surface area contributed by atoms with Gasteiger partial charge in [0.2, 0.25) is 5.91 Å². The minimum atomic E-state index is -1.15. The van der Waals surface area contributed by atoms with E-state index in [1.165, 1.54) is 25.7 Å². The molecule has 0 spiro atoms. The van der Waals surface area contributed by atoms with E-state index in [0.717, 1.165) is 82.5 Å². The third-order valence-electron chi connectivity index (χ3n) is 17.4. The average Bonchev–Trinajstić information content (AvgIpc) is 3.34. The summed E-state index contributed by atoms with van der Waals surface area (Å²) in [5.41, 5.74) is 1.62. The fraction of sp³-hybridized carbons (Fsp3) is 0.870. The molecule has 5 saturated carbocycles. The van der Waals surface area contributed by atoms with Gasteiger partial charge in [0.05, 0.1) is 11.8 Å². The maximum absolute atomic E-state index is 14.2. The molecule has 0 radical (unpaired) electrons. The van der Waals surface area contributed by atoms with Crippen LogP contribution >= 0.6 is 0 Å². The molecule has 304 valence electrons. The molecule has 2 N–H and O–H groups in total. The fourth-order valence-corrected chi connectivity index (χ4v) is 14.0. The summed E-state index contributed by atoms with van der Waals surface area (Å²) in [6.07, 6.45) is 13.9. The van der Waals surface area contributed by atoms with Crippen molar-refractivity contribution in [1.29, 1.82) is 0 Å². The van der Waals surface area contributed by atoms with Crippen LogP contribution in [0.25, 0.3) is 0 Å². The molecule has 0 aliphatic heterocycles. The number of rotatable bonds is 13. The molecule has 8 heteroatoms. The van der Waals surface area contributed by atoms with Crippen LogP contribution in [0.2, 0.25) is 0 Å². The first-order valence-electron chi connectivity index (χ1n) is 21.8. The molecule has 6 aliphatic carbocycles. The van der Waals surface area contributed by atoms with Gasteiger partial charge in [-0.15, -0.1) is 0 Å². The lowest BCUT2D eigenvalue weighted by molar-refractivity contribution is -0.233. The molecule has 0 aromatic carbocycles. The van der Waals surface area contributed by atoms with Gasteiger partial charge < -0.3 is 20.1 Å². The first kappa shape index (κ1) is 41.4. The minimum absolute atomic E-state index is 0.0288. The molecule has 54 heavy (non-hydrogen) atoms. The second-order valence-electron chi connectivity index (χ2n) is 21.5. The normalized spacial score (nSPS) is 37.6. The van der Waals surface area contributed by atoms with Crippen molar-refractivity contribution in [3.63, 3.8) is 0 Å². The number of carboxylic acid groups (broad SMARTS) is 1. The van der Waals surface area contributed by atoms with Crippen molar-refractivity contribution >= 4 is 23.6 Å². The first-order valence-corrected chi connectivity index (χ1v) is 21.8. The minimum Gasteiger partial charge on any atom is -0.481 e. The van der Waals surface area contributed by atoms with Gasteiger partial charge in [0.1, 0.15) is 6.10 Å². The molecular formula is C46H74N2O6. The third kappa shape index (κ3) is 6.93. The summed E-state index contributed by atoms with van der Waals surface area (Å²) in [5, 5.41) is 12.7. The lowest BCUT2D eigenvalue weighted by Crippen LogP contribution is -2.65. The summed E-state index contributed by atoms with van der Waals surface area (Å²) in [4.78, 5) is 53.4. The van der Waals surface area contributed by atoms with E-state index in [2.05, 4.69) is 58.7 Å². The number of Topliss-reactive ketones (excluding diaryl/α,β-unsaturated/α-hetero) is 1. The molecule has 0 aromatic rings. The summed E-state index contributed by atoms with van der Waals surface area (Å²) in [5.74, 6) is 1.40. The number of fused-ring (bicyclic) bond motifs is 7. The van der Waals surface area contributed by atoms with E-state index >= 15 is 0 Å². The fourth-order valence-electron chi connectivity index (χ4n) is 14.0. The second kappa shape index (κ2) is 14.6.